The smallest absolute Gasteiger partial charge is 0.180 e. The van der Waals surface area contributed by atoms with Crippen molar-refractivity contribution in [1.29, 1.82) is 5.26 Å². The monoisotopic (exact) mass is 439 g/mol. The Balaban J connectivity index is 1.71. The quantitative estimate of drug-likeness (QED) is 0.220. The molecule has 4 heteroatoms. The maximum absolute atomic E-state index is 9.90. The third-order valence-corrected chi connectivity index (χ3v) is 5.35. The van der Waals surface area contributed by atoms with E-state index in [1.54, 1.807) is 6.07 Å². The Kier molecular flexibility index (Phi) is 6.75. The molecule has 0 saturated heterocycles. The molecule has 4 rings (SSSR count). The number of halogens is 1. The fourth-order valence-corrected chi connectivity index (χ4v) is 3.87. The molecule has 158 valence electrons. The number of rotatable bonds is 7. The van der Waals surface area contributed by atoms with Gasteiger partial charge in [-0.25, -0.2) is 0 Å². The molecular formula is C28H22ClNO2. The Bertz CT molecular complexity index is 1300. The van der Waals surface area contributed by atoms with E-state index >= 15 is 0 Å². The van der Waals surface area contributed by atoms with Gasteiger partial charge < -0.3 is 9.47 Å². The van der Waals surface area contributed by atoms with Crippen molar-refractivity contribution in [3.05, 3.63) is 107 Å². The largest absolute Gasteiger partial charge is 0.490 e. The molecule has 0 heterocycles. The van der Waals surface area contributed by atoms with Crippen LogP contribution in [0.5, 0.6) is 11.5 Å². The van der Waals surface area contributed by atoms with Gasteiger partial charge in [0.05, 0.1) is 23.3 Å². The Morgan fingerprint density at radius 3 is 2.47 bits per heavy atom. The first-order valence-electron chi connectivity index (χ1n) is 10.4. The fourth-order valence-electron chi connectivity index (χ4n) is 3.60. The lowest BCUT2D eigenvalue weighted by atomic mass is 9.97. The number of benzene rings is 4. The predicted molar refractivity (Wildman–Crippen MR) is 131 cm³/mol. The van der Waals surface area contributed by atoms with Gasteiger partial charge >= 0.3 is 0 Å². The summed E-state index contributed by atoms with van der Waals surface area (Å²) in [5.74, 6) is 1.05. The third kappa shape index (κ3) is 4.77. The number of hydrogen-bond donors (Lipinski definition) is 0. The summed E-state index contributed by atoms with van der Waals surface area (Å²) in [7, 11) is 0. The maximum atomic E-state index is 9.90. The minimum atomic E-state index is 0.384. The summed E-state index contributed by atoms with van der Waals surface area (Å²) in [6.07, 6.45) is 1.83. The van der Waals surface area contributed by atoms with E-state index in [-0.39, 0.29) is 0 Å². The Morgan fingerprint density at radius 2 is 1.69 bits per heavy atom. The number of hydrogen-bond acceptors (Lipinski definition) is 3. The van der Waals surface area contributed by atoms with Crippen molar-refractivity contribution in [2.24, 2.45) is 0 Å². The van der Waals surface area contributed by atoms with E-state index in [2.05, 4.69) is 6.07 Å². The van der Waals surface area contributed by atoms with Crippen LogP contribution in [0.3, 0.4) is 0 Å². The van der Waals surface area contributed by atoms with Gasteiger partial charge in [-0.15, -0.1) is 0 Å². The molecule has 0 spiro atoms. The fraction of sp³-hybridized carbons (Fsp3) is 0.107. The molecule has 0 amide bonds. The van der Waals surface area contributed by atoms with Crippen molar-refractivity contribution >= 4 is 34.0 Å². The molecule has 4 aromatic carbocycles. The number of nitriles is 1. The van der Waals surface area contributed by atoms with Gasteiger partial charge in [0.1, 0.15) is 6.61 Å². The van der Waals surface area contributed by atoms with Crippen molar-refractivity contribution in [3.63, 3.8) is 0 Å². The topological polar surface area (TPSA) is 42.2 Å². The summed E-state index contributed by atoms with van der Waals surface area (Å²) < 4.78 is 11.8. The average molecular weight is 440 g/mol. The first kappa shape index (κ1) is 21.5. The molecular weight excluding hydrogens is 418 g/mol. The first-order chi connectivity index (χ1) is 15.7. The van der Waals surface area contributed by atoms with Gasteiger partial charge in [0.15, 0.2) is 11.5 Å². The van der Waals surface area contributed by atoms with E-state index in [1.807, 2.05) is 91.9 Å². The highest BCUT2D eigenvalue weighted by molar-refractivity contribution is 6.32. The lowest BCUT2D eigenvalue weighted by molar-refractivity contribution is 0.269. The third-order valence-electron chi connectivity index (χ3n) is 5.07. The lowest BCUT2D eigenvalue weighted by Gasteiger charge is -2.15. The minimum absolute atomic E-state index is 0.384. The van der Waals surface area contributed by atoms with E-state index < -0.39 is 0 Å². The van der Waals surface area contributed by atoms with Gasteiger partial charge in [0, 0.05) is 5.56 Å². The number of fused-ring (bicyclic) bond motifs is 1. The van der Waals surface area contributed by atoms with E-state index in [4.69, 9.17) is 21.1 Å². The molecule has 0 aliphatic rings. The normalized spacial score (nSPS) is 11.2. The van der Waals surface area contributed by atoms with Gasteiger partial charge in [-0.3, -0.25) is 0 Å². The molecule has 0 aromatic heterocycles. The molecule has 32 heavy (non-hydrogen) atoms. The SMILES string of the molecule is CCOc1cc(/C=C(\C#N)c2cccc3ccccc23)cc(Cl)c1OCc1ccccc1. The van der Waals surface area contributed by atoms with Crippen LogP contribution >= 0.6 is 11.6 Å². The highest BCUT2D eigenvalue weighted by Gasteiger charge is 2.14. The lowest BCUT2D eigenvalue weighted by Crippen LogP contribution is -2.01. The summed E-state index contributed by atoms with van der Waals surface area (Å²) in [6, 6.07) is 29.9. The van der Waals surface area contributed by atoms with Gasteiger partial charge in [0.25, 0.3) is 0 Å². The Morgan fingerprint density at radius 1 is 0.938 bits per heavy atom. The molecule has 0 atom stereocenters. The zero-order chi connectivity index (χ0) is 22.3. The van der Waals surface area contributed by atoms with Crippen LogP contribution in [-0.4, -0.2) is 6.61 Å². The maximum Gasteiger partial charge on any atom is 0.180 e. The number of ether oxygens (including phenoxy) is 2. The van der Waals surface area contributed by atoms with Crippen molar-refractivity contribution < 1.29 is 9.47 Å². The summed E-state index contributed by atoms with van der Waals surface area (Å²) in [5.41, 5.74) is 3.25. The molecule has 0 unspecified atom stereocenters. The molecule has 0 aliphatic heterocycles. The number of nitrogens with zero attached hydrogens (tertiary/aromatic N) is 1. The second-order valence-corrected chi connectivity index (χ2v) is 7.64. The van der Waals surface area contributed by atoms with Gasteiger partial charge in [-0.1, -0.05) is 84.4 Å². The second-order valence-electron chi connectivity index (χ2n) is 7.23. The summed E-state index contributed by atoms with van der Waals surface area (Å²) in [4.78, 5) is 0. The Hall–Kier alpha value is -3.74. The zero-order valence-electron chi connectivity index (χ0n) is 17.7. The van der Waals surface area contributed by atoms with Crippen LogP contribution in [0.25, 0.3) is 22.4 Å². The average Bonchev–Trinajstić information content (AvgIpc) is 2.82. The van der Waals surface area contributed by atoms with Gasteiger partial charge in [0.2, 0.25) is 0 Å². The Labute approximate surface area is 193 Å². The molecule has 0 aliphatic carbocycles. The van der Waals surface area contributed by atoms with Crippen LogP contribution in [0.1, 0.15) is 23.6 Å². The zero-order valence-corrected chi connectivity index (χ0v) is 18.5. The van der Waals surface area contributed by atoms with Gasteiger partial charge in [-0.05, 0) is 47.0 Å². The summed E-state index contributed by atoms with van der Waals surface area (Å²) in [6.45, 7) is 2.77. The summed E-state index contributed by atoms with van der Waals surface area (Å²) >= 11 is 6.59. The highest BCUT2D eigenvalue weighted by Crippen LogP contribution is 2.38. The van der Waals surface area contributed by atoms with Crippen LogP contribution in [0.4, 0.5) is 0 Å². The number of allylic oxidation sites excluding steroid dienone is 1. The van der Waals surface area contributed by atoms with Gasteiger partial charge in [-0.2, -0.15) is 5.26 Å². The second kappa shape index (κ2) is 10.0. The van der Waals surface area contributed by atoms with Crippen LogP contribution in [-0.2, 0) is 6.61 Å². The van der Waals surface area contributed by atoms with Crippen molar-refractivity contribution in [3.8, 4) is 17.6 Å². The molecule has 0 radical (unpaired) electrons. The molecule has 4 aromatic rings. The molecule has 0 N–H and O–H groups in total. The van der Waals surface area contributed by atoms with E-state index in [9.17, 15) is 5.26 Å². The van der Waals surface area contributed by atoms with Crippen molar-refractivity contribution in [1.82, 2.24) is 0 Å². The molecule has 0 saturated carbocycles. The van der Waals surface area contributed by atoms with Crippen LogP contribution in [0.15, 0.2) is 84.9 Å². The molecule has 0 fully saturated rings. The van der Waals surface area contributed by atoms with Crippen LogP contribution in [0.2, 0.25) is 5.02 Å². The van der Waals surface area contributed by atoms with E-state index in [0.29, 0.717) is 35.3 Å². The van der Waals surface area contributed by atoms with Crippen molar-refractivity contribution in [2.75, 3.05) is 6.61 Å². The predicted octanol–water partition coefficient (Wildman–Crippen LogP) is 7.54. The van der Waals surface area contributed by atoms with E-state index in [1.165, 1.54) is 0 Å². The standard InChI is InChI=1S/C28H22ClNO2/c1-2-31-27-17-21(16-26(29)28(27)32-19-20-9-4-3-5-10-20)15-23(18-30)25-14-8-12-22-11-6-7-13-24(22)25/h3-17H,2,19H2,1H3/b23-15+. The van der Waals surface area contributed by atoms with E-state index in [0.717, 1.165) is 27.5 Å². The highest BCUT2D eigenvalue weighted by atomic mass is 35.5. The summed E-state index contributed by atoms with van der Waals surface area (Å²) in [5, 5.41) is 12.5. The first-order valence-corrected chi connectivity index (χ1v) is 10.8. The minimum Gasteiger partial charge on any atom is -0.490 e. The van der Waals surface area contributed by atoms with Crippen LogP contribution in [0, 0.1) is 11.3 Å². The molecule has 0 bridgehead atoms. The van der Waals surface area contributed by atoms with Crippen molar-refractivity contribution in [2.45, 2.75) is 13.5 Å². The van der Waals surface area contributed by atoms with Crippen LogP contribution < -0.4 is 9.47 Å². The molecule has 3 nitrogen and oxygen atoms in total.